The van der Waals surface area contributed by atoms with Gasteiger partial charge in [0.2, 0.25) is 5.91 Å². The molecular formula is C15H25N3O. The van der Waals surface area contributed by atoms with E-state index in [1.807, 2.05) is 0 Å². The minimum atomic E-state index is 0.184. The van der Waals surface area contributed by atoms with Crippen molar-refractivity contribution in [3.8, 4) is 0 Å². The van der Waals surface area contributed by atoms with Crippen LogP contribution in [0.1, 0.15) is 52.3 Å². The molecule has 0 radical (unpaired) electrons. The van der Waals surface area contributed by atoms with Gasteiger partial charge in [0.15, 0.2) is 0 Å². The van der Waals surface area contributed by atoms with E-state index in [9.17, 15) is 4.79 Å². The lowest BCUT2D eigenvalue weighted by atomic mass is 9.70. The average Bonchev–Trinajstić information content (AvgIpc) is 2.88. The molecule has 0 aromatic carbocycles. The first-order valence-corrected chi connectivity index (χ1v) is 7.23. The Morgan fingerprint density at radius 3 is 2.58 bits per heavy atom. The highest BCUT2D eigenvalue weighted by atomic mass is 16.1. The number of nitrogens with one attached hydrogen (secondary N) is 2. The Morgan fingerprint density at radius 2 is 2.05 bits per heavy atom. The Morgan fingerprint density at radius 1 is 1.37 bits per heavy atom. The van der Waals surface area contributed by atoms with Crippen molar-refractivity contribution in [3.63, 3.8) is 0 Å². The van der Waals surface area contributed by atoms with Crippen molar-refractivity contribution in [2.24, 2.45) is 17.3 Å². The number of rotatable bonds is 3. The van der Waals surface area contributed by atoms with E-state index in [-0.39, 0.29) is 11.8 Å². The number of nitrogens with zero attached hydrogens (tertiary/aromatic N) is 1. The lowest BCUT2D eigenvalue weighted by Crippen LogP contribution is -2.35. The summed E-state index contributed by atoms with van der Waals surface area (Å²) in [6.07, 6.45) is 7.86. The molecule has 0 saturated heterocycles. The highest BCUT2D eigenvalue weighted by Gasteiger charge is 2.32. The van der Waals surface area contributed by atoms with Crippen LogP contribution in [0, 0.1) is 17.3 Å². The van der Waals surface area contributed by atoms with Gasteiger partial charge in [0, 0.05) is 18.3 Å². The van der Waals surface area contributed by atoms with Crippen LogP contribution in [0.2, 0.25) is 0 Å². The minimum Gasteiger partial charge on any atom is -0.349 e. The van der Waals surface area contributed by atoms with Crippen LogP contribution < -0.4 is 5.32 Å². The summed E-state index contributed by atoms with van der Waals surface area (Å²) in [5.41, 5.74) is 0.371. The van der Waals surface area contributed by atoms with Crippen LogP contribution in [0.5, 0.6) is 0 Å². The number of imidazole rings is 1. The lowest BCUT2D eigenvalue weighted by molar-refractivity contribution is -0.126. The Labute approximate surface area is 115 Å². The van der Waals surface area contributed by atoms with Crippen LogP contribution in [0.4, 0.5) is 0 Å². The SMILES string of the molecule is CC(C)(C)C1CCC(C(=O)NCc2ncc[nH]2)CC1. The van der Waals surface area contributed by atoms with E-state index < -0.39 is 0 Å². The molecule has 1 aromatic heterocycles. The maximum atomic E-state index is 12.1. The normalized spacial score (nSPS) is 24.2. The average molecular weight is 263 g/mol. The lowest BCUT2D eigenvalue weighted by Gasteiger charge is -2.36. The summed E-state index contributed by atoms with van der Waals surface area (Å²) >= 11 is 0. The number of aromatic amines is 1. The second-order valence-electron chi connectivity index (χ2n) is 6.67. The summed E-state index contributed by atoms with van der Waals surface area (Å²) in [6, 6.07) is 0. The predicted octanol–water partition coefficient (Wildman–Crippen LogP) is 2.88. The number of aromatic nitrogens is 2. The van der Waals surface area contributed by atoms with Crippen LogP contribution in [0.15, 0.2) is 12.4 Å². The standard InChI is InChI=1S/C15H25N3O/c1-15(2,3)12-6-4-11(5-7-12)14(19)18-10-13-16-8-9-17-13/h8-9,11-12H,4-7,10H2,1-3H3,(H,16,17)(H,18,19). The van der Waals surface area contributed by atoms with Crippen molar-refractivity contribution in [3.05, 3.63) is 18.2 Å². The van der Waals surface area contributed by atoms with Crippen molar-refractivity contribution in [1.82, 2.24) is 15.3 Å². The van der Waals surface area contributed by atoms with E-state index in [0.717, 1.165) is 24.6 Å². The molecule has 0 aliphatic heterocycles. The molecule has 0 atom stereocenters. The van der Waals surface area contributed by atoms with Crippen molar-refractivity contribution in [2.75, 3.05) is 0 Å². The zero-order valence-electron chi connectivity index (χ0n) is 12.2. The highest BCUT2D eigenvalue weighted by molar-refractivity contribution is 5.78. The van der Waals surface area contributed by atoms with Gasteiger partial charge < -0.3 is 10.3 Å². The number of carbonyl (C=O) groups is 1. The fraction of sp³-hybridized carbons (Fsp3) is 0.733. The number of amides is 1. The molecule has 4 nitrogen and oxygen atoms in total. The second-order valence-corrected chi connectivity index (χ2v) is 6.67. The number of H-pyrrole nitrogens is 1. The Balaban J connectivity index is 1.76. The van der Waals surface area contributed by atoms with Crippen LogP contribution >= 0.6 is 0 Å². The van der Waals surface area contributed by atoms with E-state index >= 15 is 0 Å². The summed E-state index contributed by atoms with van der Waals surface area (Å²) < 4.78 is 0. The van der Waals surface area contributed by atoms with Gasteiger partial charge in [-0.2, -0.15) is 0 Å². The summed E-state index contributed by atoms with van der Waals surface area (Å²) in [5, 5.41) is 2.98. The molecule has 2 rings (SSSR count). The van der Waals surface area contributed by atoms with E-state index in [0.29, 0.717) is 12.0 Å². The number of carbonyl (C=O) groups excluding carboxylic acids is 1. The summed E-state index contributed by atoms with van der Waals surface area (Å²) in [4.78, 5) is 19.2. The van der Waals surface area contributed by atoms with E-state index in [2.05, 4.69) is 36.1 Å². The van der Waals surface area contributed by atoms with Gasteiger partial charge in [-0.1, -0.05) is 20.8 Å². The molecule has 4 heteroatoms. The van der Waals surface area contributed by atoms with Crippen molar-refractivity contribution >= 4 is 5.91 Å². The van der Waals surface area contributed by atoms with E-state index in [1.54, 1.807) is 12.4 Å². The van der Waals surface area contributed by atoms with Crippen LogP contribution in [-0.4, -0.2) is 15.9 Å². The quantitative estimate of drug-likeness (QED) is 0.881. The van der Waals surface area contributed by atoms with Gasteiger partial charge in [-0.25, -0.2) is 4.98 Å². The fourth-order valence-corrected chi connectivity index (χ4v) is 2.93. The first kappa shape index (κ1) is 14.1. The van der Waals surface area contributed by atoms with Gasteiger partial charge in [0.05, 0.1) is 6.54 Å². The predicted molar refractivity (Wildman–Crippen MR) is 75.3 cm³/mol. The molecule has 0 unspecified atom stereocenters. The zero-order chi connectivity index (χ0) is 13.9. The van der Waals surface area contributed by atoms with E-state index in [1.165, 1.54) is 12.8 Å². The van der Waals surface area contributed by atoms with Crippen LogP contribution in [0.25, 0.3) is 0 Å². The highest BCUT2D eigenvalue weighted by Crippen LogP contribution is 2.39. The Hall–Kier alpha value is -1.32. The number of hydrogen-bond donors (Lipinski definition) is 2. The van der Waals surface area contributed by atoms with Crippen LogP contribution in [0.3, 0.4) is 0 Å². The maximum Gasteiger partial charge on any atom is 0.223 e. The summed E-state index contributed by atoms with van der Waals surface area (Å²) in [6.45, 7) is 7.41. The third-order valence-corrected chi connectivity index (χ3v) is 4.31. The second kappa shape index (κ2) is 5.76. The monoisotopic (exact) mass is 263 g/mol. The minimum absolute atomic E-state index is 0.184. The maximum absolute atomic E-state index is 12.1. The molecule has 19 heavy (non-hydrogen) atoms. The van der Waals surface area contributed by atoms with Crippen LogP contribution in [-0.2, 0) is 11.3 Å². The summed E-state index contributed by atoms with van der Waals surface area (Å²) in [5.74, 6) is 1.94. The zero-order valence-corrected chi connectivity index (χ0v) is 12.2. The van der Waals surface area contributed by atoms with Gasteiger partial charge in [-0.15, -0.1) is 0 Å². The van der Waals surface area contributed by atoms with Gasteiger partial charge >= 0.3 is 0 Å². The molecule has 2 N–H and O–H groups in total. The topological polar surface area (TPSA) is 57.8 Å². The summed E-state index contributed by atoms with van der Waals surface area (Å²) in [7, 11) is 0. The van der Waals surface area contributed by atoms with Gasteiger partial charge in [0.25, 0.3) is 0 Å². The molecule has 1 aliphatic carbocycles. The van der Waals surface area contributed by atoms with Gasteiger partial charge in [0.1, 0.15) is 5.82 Å². The first-order valence-electron chi connectivity index (χ1n) is 7.23. The van der Waals surface area contributed by atoms with Crippen molar-refractivity contribution in [1.29, 1.82) is 0 Å². The number of hydrogen-bond acceptors (Lipinski definition) is 2. The Kier molecular flexibility index (Phi) is 4.27. The van der Waals surface area contributed by atoms with Gasteiger partial charge in [-0.3, -0.25) is 4.79 Å². The molecule has 1 heterocycles. The molecule has 0 bridgehead atoms. The molecule has 1 aromatic rings. The molecule has 1 fully saturated rings. The fourth-order valence-electron chi connectivity index (χ4n) is 2.93. The molecule has 1 aliphatic rings. The Bertz CT molecular complexity index is 398. The third-order valence-electron chi connectivity index (χ3n) is 4.31. The van der Waals surface area contributed by atoms with E-state index in [4.69, 9.17) is 0 Å². The van der Waals surface area contributed by atoms with Gasteiger partial charge in [-0.05, 0) is 37.0 Å². The molecule has 0 spiro atoms. The largest absolute Gasteiger partial charge is 0.349 e. The smallest absolute Gasteiger partial charge is 0.223 e. The molecule has 1 amide bonds. The molecule has 1 saturated carbocycles. The van der Waals surface area contributed by atoms with Crippen molar-refractivity contribution < 1.29 is 4.79 Å². The van der Waals surface area contributed by atoms with Crippen molar-refractivity contribution in [2.45, 2.75) is 53.0 Å². The third kappa shape index (κ3) is 3.82. The molecular weight excluding hydrogens is 238 g/mol. The molecule has 106 valence electrons. The first-order chi connectivity index (χ1) is 8.97.